The highest BCUT2D eigenvalue weighted by Gasteiger charge is 2.21. The summed E-state index contributed by atoms with van der Waals surface area (Å²) in [6, 6.07) is 10.5. The summed E-state index contributed by atoms with van der Waals surface area (Å²) in [6.07, 6.45) is 1.48. The van der Waals surface area contributed by atoms with Crippen molar-refractivity contribution in [1.82, 2.24) is 0 Å². The Morgan fingerprint density at radius 2 is 1.44 bits per heavy atom. The van der Waals surface area contributed by atoms with E-state index in [1.807, 2.05) is 6.92 Å². The Bertz CT molecular complexity index is 1360. The molecule has 34 heavy (non-hydrogen) atoms. The SMILES string of the molecule is CCCc1ccc(-c2cc(F)c(-c3ccc4c(F)c(OC(F)F)c(F)cc4c3)c(F)c2)c(F)c1. The number of hydrogen-bond acceptors (Lipinski definition) is 1. The van der Waals surface area contributed by atoms with E-state index in [2.05, 4.69) is 4.74 Å². The van der Waals surface area contributed by atoms with Crippen LogP contribution < -0.4 is 4.74 Å². The summed E-state index contributed by atoms with van der Waals surface area (Å²) in [5.41, 5.74) is 0.250. The van der Waals surface area contributed by atoms with Crippen molar-refractivity contribution in [1.29, 1.82) is 0 Å². The molecule has 0 aliphatic carbocycles. The van der Waals surface area contributed by atoms with Crippen LogP contribution in [0.2, 0.25) is 0 Å². The highest BCUT2D eigenvalue weighted by molar-refractivity contribution is 5.89. The predicted molar refractivity (Wildman–Crippen MR) is 115 cm³/mol. The molecule has 0 saturated heterocycles. The van der Waals surface area contributed by atoms with E-state index >= 15 is 0 Å². The number of rotatable bonds is 6. The fraction of sp³-hybridized carbons (Fsp3) is 0.154. The van der Waals surface area contributed by atoms with Crippen molar-refractivity contribution in [2.24, 2.45) is 0 Å². The van der Waals surface area contributed by atoms with Gasteiger partial charge in [0.2, 0.25) is 0 Å². The van der Waals surface area contributed by atoms with Gasteiger partial charge < -0.3 is 4.74 Å². The first-order valence-electron chi connectivity index (χ1n) is 10.3. The third kappa shape index (κ3) is 4.44. The van der Waals surface area contributed by atoms with Gasteiger partial charge in [0.05, 0.1) is 5.56 Å². The maximum atomic E-state index is 15.0. The third-order valence-electron chi connectivity index (χ3n) is 5.41. The lowest BCUT2D eigenvalue weighted by molar-refractivity contribution is -0.0544. The Kier molecular flexibility index (Phi) is 6.50. The topological polar surface area (TPSA) is 9.23 Å². The zero-order chi connectivity index (χ0) is 24.6. The van der Waals surface area contributed by atoms with Gasteiger partial charge in [0.25, 0.3) is 0 Å². The van der Waals surface area contributed by atoms with Crippen molar-refractivity contribution >= 4 is 10.8 Å². The van der Waals surface area contributed by atoms with Crippen LogP contribution in [-0.2, 0) is 6.42 Å². The number of aryl methyl sites for hydroxylation is 1. The summed E-state index contributed by atoms with van der Waals surface area (Å²) in [7, 11) is 0. The van der Waals surface area contributed by atoms with Crippen molar-refractivity contribution in [3.05, 3.63) is 89.2 Å². The summed E-state index contributed by atoms with van der Waals surface area (Å²) in [4.78, 5) is 0. The first-order valence-corrected chi connectivity index (χ1v) is 10.3. The molecular formula is C26H17F7O. The maximum absolute atomic E-state index is 15.0. The van der Waals surface area contributed by atoms with Crippen LogP contribution in [0.25, 0.3) is 33.0 Å². The summed E-state index contributed by atoms with van der Waals surface area (Å²) in [6.45, 7) is -1.49. The van der Waals surface area contributed by atoms with E-state index < -0.39 is 47.0 Å². The van der Waals surface area contributed by atoms with Gasteiger partial charge in [0, 0.05) is 10.9 Å². The Balaban J connectivity index is 1.77. The molecule has 176 valence electrons. The minimum Gasteiger partial charge on any atom is -0.429 e. The molecule has 4 aromatic rings. The molecule has 4 aromatic carbocycles. The molecule has 0 saturated carbocycles. The molecule has 0 radical (unpaired) electrons. The van der Waals surface area contributed by atoms with Crippen LogP contribution in [0.5, 0.6) is 5.75 Å². The molecule has 0 spiro atoms. The van der Waals surface area contributed by atoms with Gasteiger partial charge in [0.1, 0.15) is 17.5 Å². The van der Waals surface area contributed by atoms with Crippen molar-refractivity contribution < 1.29 is 35.5 Å². The second kappa shape index (κ2) is 9.37. The number of hydrogen-bond donors (Lipinski definition) is 0. The number of halogens is 7. The fourth-order valence-corrected chi connectivity index (χ4v) is 3.91. The van der Waals surface area contributed by atoms with E-state index in [0.29, 0.717) is 6.42 Å². The van der Waals surface area contributed by atoms with Crippen molar-refractivity contribution in [3.8, 4) is 28.0 Å². The van der Waals surface area contributed by atoms with E-state index in [1.54, 1.807) is 6.07 Å². The van der Waals surface area contributed by atoms with Gasteiger partial charge in [-0.15, -0.1) is 0 Å². The zero-order valence-electron chi connectivity index (χ0n) is 17.7. The van der Waals surface area contributed by atoms with Crippen LogP contribution in [0.4, 0.5) is 30.7 Å². The van der Waals surface area contributed by atoms with E-state index in [1.165, 1.54) is 12.1 Å². The smallest absolute Gasteiger partial charge is 0.387 e. The first-order chi connectivity index (χ1) is 16.2. The van der Waals surface area contributed by atoms with E-state index in [0.717, 1.165) is 48.4 Å². The minimum absolute atomic E-state index is 0.00836. The summed E-state index contributed by atoms with van der Waals surface area (Å²) in [5, 5.41) is -0.387. The average molecular weight is 478 g/mol. The first kappa shape index (κ1) is 23.6. The van der Waals surface area contributed by atoms with Crippen LogP contribution in [0.3, 0.4) is 0 Å². The van der Waals surface area contributed by atoms with Crippen molar-refractivity contribution in [2.45, 2.75) is 26.4 Å². The highest BCUT2D eigenvalue weighted by Crippen LogP contribution is 2.36. The summed E-state index contributed by atoms with van der Waals surface area (Å²) < 4.78 is 102. The lowest BCUT2D eigenvalue weighted by Gasteiger charge is -2.13. The monoisotopic (exact) mass is 478 g/mol. The molecule has 0 bridgehead atoms. The van der Waals surface area contributed by atoms with Crippen LogP contribution >= 0.6 is 0 Å². The van der Waals surface area contributed by atoms with E-state index in [-0.39, 0.29) is 27.5 Å². The van der Waals surface area contributed by atoms with Crippen molar-refractivity contribution in [2.75, 3.05) is 0 Å². The molecular weight excluding hydrogens is 461 g/mol. The molecule has 0 aliphatic rings. The van der Waals surface area contributed by atoms with Crippen LogP contribution in [0.15, 0.2) is 54.6 Å². The molecule has 4 rings (SSSR count). The molecule has 0 aromatic heterocycles. The Hall–Kier alpha value is -3.55. The highest BCUT2D eigenvalue weighted by atomic mass is 19.3. The number of alkyl halides is 2. The van der Waals surface area contributed by atoms with Gasteiger partial charge in [-0.1, -0.05) is 37.6 Å². The molecule has 0 unspecified atom stereocenters. The van der Waals surface area contributed by atoms with Gasteiger partial charge in [0.15, 0.2) is 17.4 Å². The van der Waals surface area contributed by atoms with Gasteiger partial charge in [-0.05, 0) is 58.8 Å². The third-order valence-corrected chi connectivity index (χ3v) is 5.41. The second-order valence-electron chi connectivity index (χ2n) is 7.70. The lowest BCUT2D eigenvalue weighted by Crippen LogP contribution is -2.06. The number of ether oxygens (including phenoxy) is 1. The van der Waals surface area contributed by atoms with Gasteiger partial charge in [-0.2, -0.15) is 8.78 Å². The molecule has 0 amide bonds. The van der Waals surface area contributed by atoms with Crippen LogP contribution in [0, 0.1) is 29.1 Å². The number of benzene rings is 4. The molecule has 0 atom stereocenters. The summed E-state index contributed by atoms with van der Waals surface area (Å²) >= 11 is 0. The maximum Gasteiger partial charge on any atom is 0.387 e. The largest absolute Gasteiger partial charge is 0.429 e. The van der Waals surface area contributed by atoms with Crippen LogP contribution in [-0.4, -0.2) is 6.61 Å². The molecule has 1 nitrogen and oxygen atoms in total. The minimum atomic E-state index is -3.44. The normalized spacial score (nSPS) is 11.4. The van der Waals surface area contributed by atoms with Gasteiger partial charge in [-0.3, -0.25) is 0 Å². The number of fused-ring (bicyclic) bond motifs is 1. The van der Waals surface area contributed by atoms with Gasteiger partial charge in [-0.25, -0.2) is 22.0 Å². The van der Waals surface area contributed by atoms with Crippen LogP contribution in [0.1, 0.15) is 18.9 Å². The van der Waals surface area contributed by atoms with Gasteiger partial charge >= 0.3 is 6.61 Å². The lowest BCUT2D eigenvalue weighted by atomic mass is 9.96. The summed E-state index contributed by atoms with van der Waals surface area (Å²) in [5.74, 6) is -6.63. The Morgan fingerprint density at radius 3 is 2.06 bits per heavy atom. The standard InChI is InChI=1S/C26H17F7O/c1-2-3-13-4-6-17(19(27)8-13)16-10-20(28)23(21(29)11-16)14-5-7-18-15(9-14)12-22(30)25(24(18)31)34-26(32)33/h4-12,26H,2-3H2,1H3. The zero-order valence-corrected chi connectivity index (χ0v) is 17.7. The molecule has 0 N–H and O–H groups in total. The second-order valence-corrected chi connectivity index (χ2v) is 7.70. The van der Waals surface area contributed by atoms with Crippen molar-refractivity contribution in [3.63, 3.8) is 0 Å². The van der Waals surface area contributed by atoms with E-state index in [9.17, 15) is 30.7 Å². The Labute approximate surface area is 190 Å². The molecule has 0 aliphatic heterocycles. The average Bonchev–Trinajstić information content (AvgIpc) is 2.76. The quantitative estimate of drug-likeness (QED) is 0.253. The van der Waals surface area contributed by atoms with E-state index in [4.69, 9.17) is 0 Å². The predicted octanol–water partition coefficient (Wildman–Crippen LogP) is 8.42. The fourth-order valence-electron chi connectivity index (χ4n) is 3.91. The Morgan fingerprint density at radius 1 is 0.735 bits per heavy atom. The molecule has 0 fully saturated rings. The molecule has 0 heterocycles. The molecule has 8 heteroatoms.